The molecule has 1 atom stereocenters. The maximum Gasteiger partial charge on any atom is 0.231 e. The highest BCUT2D eigenvalue weighted by Gasteiger charge is 2.32. The highest BCUT2D eigenvalue weighted by Crippen LogP contribution is 2.37. The Morgan fingerprint density at radius 3 is 3.00 bits per heavy atom. The minimum absolute atomic E-state index is 0.288. The Morgan fingerprint density at radius 1 is 1.29 bits per heavy atom. The van der Waals surface area contributed by atoms with E-state index in [0.717, 1.165) is 37.6 Å². The first kappa shape index (κ1) is 15.5. The van der Waals surface area contributed by atoms with Crippen molar-refractivity contribution in [2.24, 2.45) is 5.41 Å². The van der Waals surface area contributed by atoms with Gasteiger partial charge in [-0.25, -0.2) is 4.98 Å². The van der Waals surface area contributed by atoms with Crippen molar-refractivity contribution >= 4 is 0 Å². The molecule has 4 rings (SSSR count). The van der Waals surface area contributed by atoms with Crippen molar-refractivity contribution in [1.29, 1.82) is 0 Å². The molecular weight excluding hydrogens is 302 g/mol. The number of fused-ring (bicyclic) bond motifs is 1. The van der Waals surface area contributed by atoms with Crippen LogP contribution < -0.4 is 9.47 Å². The van der Waals surface area contributed by atoms with E-state index in [1.165, 1.54) is 29.8 Å². The van der Waals surface area contributed by atoms with Gasteiger partial charge in [-0.2, -0.15) is 0 Å². The summed E-state index contributed by atoms with van der Waals surface area (Å²) >= 11 is 0. The van der Waals surface area contributed by atoms with E-state index in [9.17, 15) is 0 Å². The number of hydrogen-bond donors (Lipinski definition) is 1. The Balaban J connectivity index is 1.45. The molecule has 1 unspecified atom stereocenters. The van der Waals surface area contributed by atoms with E-state index in [0.29, 0.717) is 6.79 Å². The number of H-pyrrole nitrogens is 1. The zero-order valence-corrected chi connectivity index (χ0v) is 14.5. The zero-order chi connectivity index (χ0) is 16.6. The highest BCUT2D eigenvalue weighted by molar-refractivity contribution is 5.44. The average molecular weight is 327 g/mol. The molecule has 1 saturated heterocycles. The number of aromatic amines is 1. The summed E-state index contributed by atoms with van der Waals surface area (Å²) in [4.78, 5) is 10.2. The lowest BCUT2D eigenvalue weighted by Crippen LogP contribution is -2.42. The predicted molar refractivity (Wildman–Crippen MR) is 92.2 cm³/mol. The number of aromatic nitrogens is 2. The largest absolute Gasteiger partial charge is 0.454 e. The molecule has 1 aromatic heterocycles. The van der Waals surface area contributed by atoms with E-state index in [2.05, 4.69) is 40.8 Å². The van der Waals surface area contributed by atoms with Crippen LogP contribution in [0.3, 0.4) is 0 Å². The second kappa shape index (κ2) is 6.13. The maximum absolute atomic E-state index is 5.52. The molecule has 0 amide bonds. The summed E-state index contributed by atoms with van der Waals surface area (Å²) in [7, 11) is 0. The zero-order valence-electron chi connectivity index (χ0n) is 14.5. The third-order valence-electron chi connectivity index (χ3n) is 5.24. The smallest absolute Gasteiger partial charge is 0.231 e. The van der Waals surface area contributed by atoms with Crippen LogP contribution in [0.5, 0.6) is 11.5 Å². The van der Waals surface area contributed by atoms with Gasteiger partial charge >= 0.3 is 0 Å². The first-order chi connectivity index (χ1) is 11.6. The van der Waals surface area contributed by atoms with Crippen LogP contribution in [0, 0.1) is 12.3 Å². The van der Waals surface area contributed by atoms with Gasteiger partial charge in [0.25, 0.3) is 0 Å². The molecule has 2 aliphatic heterocycles. The van der Waals surface area contributed by atoms with Gasteiger partial charge in [0.05, 0.1) is 12.0 Å². The van der Waals surface area contributed by atoms with Crippen LogP contribution in [-0.4, -0.2) is 34.8 Å². The van der Waals surface area contributed by atoms with Crippen molar-refractivity contribution in [2.45, 2.75) is 39.7 Å². The molecular formula is C19H25N3O2. The molecule has 2 aromatic rings. The Kier molecular flexibility index (Phi) is 3.96. The molecule has 0 spiro atoms. The number of imidazole rings is 1. The molecule has 0 bridgehead atoms. The fraction of sp³-hybridized carbons (Fsp3) is 0.526. The summed E-state index contributed by atoms with van der Waals surface area (Å²) < 4.78 is 10.9. The fourth-order valence-electron chi connectivity index (χ4n) is 4.01. The molecule has 128 valence electrons. The van der Waals surface area contributed by atoms with Crippen LogP contribution in [0.15, 0.2) is 24.5 Å². The standard InChI is InChI=1S/C19H25N3O2/c1-14-16(21-12-20-14)10-22-7-3-6-19(2,11-22)9-15-4-5-17-18(8-15)24-13-23-17/h4-5,8,12H,3,6-7,9-11,13H2,1-2H3,(H,20,21). The number of aryl methyl sites for hydroxylation is 1. The fourth-order valence-corrected chi connectivity index (χ4v) is 4.01. The van der Waals surface area contributed by atoms with Gasteiger partial charge in [-0.05, 0) is 55.8 Å². The van der Waals surface area contributed by atoms with Crippen LogP contribution >= 0.6 is 0 Å². The van der Waals surface area contributed by atoms with Crippen LogP contribution in [0.25, 0.3) is 0 Å². The second-order valence-electron chi connectivity index (χ2n) is 7.46. The molecule has 1 aromatic carbocycles. The topological polar surface area (TPSA) is 50.4 Å². The summed E-state index contributed by atoms with van der Waals surface area (Å²) in [6.07, 6.45) is 5.36. The molecule has 5 nitrogen and oxygen atoms in total. The predicted octanol–water partition coefficient (Wildman–Crippen LogP) is 3.29. The summed E-state index contributed by atoms with van der Waals surface area (Å²) in [5, 5.41) is 0. The molecule has 3 heterocycles. The Morgan fingerprint density at radius 2 is 2.17 bits per heavy atom. The van der Waals surface area contributed by atoms with E-state index < -0.39 is 0 Å². The van der Waals surface area contributed by atoms with Gasteiger partial charge in [0.1, 0.15) is 0 Å². The number of piperidine rings is 1. The first-order valence-electron chi connectivity index (χ1n) is 8.71. The van der Waals surface area contributed by atoms with Crippen molar-refractivity contribution in [1.82, 2.24) is 14.9 Å². The quantitative estimate of drug-likeness (QED) is 0.936. The minimum atomic E-state index is 0.288. The summed E-state index contributed by atoms with van der Waals surface area (Å²) in [6.45, 7) is 8.04. The van der Waals surface area contributed by atoms with Crippen molar-refractivity contribution in [3.63, 3.8) is 0 Å². The summed E-state index contributed by atoms with van der Waals surface area (Å²) in [5.74, 6) is 1.75. The SMILES string of the molecule is Cc1[nH]cnc1CN1CCCC(C)(Cc2ccc3c(c2)OCO3)C1. The van der Waals surface area contributed by atoms with E-state index >= 15 is 0 Å². The highest BCUT2D eigenvalue weighted by atomic mass is 16.7. The Hall–Kier alpha value is -2.01. The number of nitrogens with one attached hydrogen (secondary N) is 1. The maximum atomic E-state index is 5.52. The van der Waals surface area contributed by atoms with Gasteiger partial charge in [0, 0.05) is 18.8 Å². The number of hydrogen-bond acceptors (Lipinski definition) is 4. The Bertz CT molecular complexity index is 727. The van der Waals surface area contributed by atoms with Gasteiger partial charge in [0.2, 0.25) is 6.79 Å². The van der Waals surface area contributed by atoms with Gasteiger partial charge < -0.3 is 14.5 Å². The Labute approximate surface area is 143 Å². The van der Waals surface area contributed by atoms with Crippen LogP contribution in [0.2, 0.25) is 0 Å². The molecule has 0 radical (unpaired) electrons. The number of ether oxygens (including phenoxy) is 2. The molecule has 1 fully saturated rings. The number of rotatable bonds is 4. The molecule has 0 aliphatic carbocycles. The summed E-state index contributed by atoms with van der Waals surface area (Å²) in [6, 6.07) is 6.36. The van der Waals surface area contributed by atoms with Crippen molar-refractivity contribution < 1.29 is 9.47 Å². The van der Waals surface area contributed by atoms with Crippen LogP contribution in [0.4, 0.5) is 0 Å². The lowest BCUT2D eigenvalue weighted by atomic mass is 9.77. The van der Waals surface area contributed by atoms with Gasteiger partial charge in [0.15, 0.2) is 11.5 Å². The van der Waals surface area contributed by atoms with Gasteiger partial charge in [-0.1, -0.05) is 13.0 Å². The van der Waals surface area contributed by atoms with Gasteiger partial charge in [-0.3, -0.25) is 4.90 Å². The van der Waals surface area contributed by atoms with E-state index in [1.807, 2.05) is 6.07 Å². The average Bonchev–Trinajstić information content (AvgIpc) is 3.16. The third-order valence-corrected chi connectivity index (χ3v) is 5.24. The van der Waals surface area contributed by atoms with E-state index in [4.69, 9.17) is 9.47 Å². The van der Waals surface area contributed by atoms with E-state index in [1.54, 1.807) is 6.33 Å². The minimum Gasteiger partial charge on any atom is -0.454 e. The van der Waals surface area contributed by atoms with E-state index in [-0.39, 0.29) is 5.41 Å². The molecule has 1 N–H and O–H groups in total. The lowest BCUT2D eigenvalue weighted by Gasteiger charge is -2.40. The van der Waals surface area contributed by atoms with Crippen LogP contribution in [0.1, 0.15) is 36.7 Å². The van der Waals surface area contributed by atoms with Crippen molar-refractivity contribution in [3.8, 4) is 11.5 Å². The van der Waals surface area contributed by atoms with Crippen LogP contribution in [-0.2, 0) is 13.0 Å². The number of nitrogens with zero attached hydrogens (tertiary/aromatic N) is 2. The molecule has 24 heavy (non-hydrogen) atoms. The lowest BCUT2D eigenvalue weighted by molar-refractivity contribution is 0.0959. The first-order valence-corrected chi connectivity index (χ1v) is 8.71. The summed E-state index contributed by atoms with van der Waals surface area (Å²) in [5.41, 5.74) is 3.97. The second-order valence-corrected chi connectivity index (χ2v) is 7.46. The van der Waals surface area contributed by atoms with Crippen molar-refractivity contribution in [3.05, 3.63) is 41.5 Å². The molecule has 5 heteroatoms. The third kappa shape index (κ3) is 3.13. The van der Waals surface area contributed by atoms with Crippen molar-refractivity contribution in [2.75, 3.05) is 19.9 Å². The van der Waals surface area contributed by atoms with Gasteiger partial charge in [-0.15, -0.1) is 0 Å². The number of likely N-dealkylation sites (tertiary alicyclic amines) is 1. The molecule has 2 aliphatic rings. The molecule has 0 saturated carbocycles. The number of benzene rings is 1. The monoisotopic (exact) mass is 327 g/mol. The normalized spacial score (nSPS) is 23.6.